The third kappa shape index (κ3) is 8.00. The molecule has 3 heterocycles. The predicted molar refractivity (Wildman–Crippen MR) is 173 cm³/mol. The Morgan fingerprint density at radius 2 is 1.55 bits per heavy atom. The second-order valence-corrected chi connectivity index (χ2v) is 13.4. The number of hydrogen-bond acceptors (Lipinski definition) is 6. The van der Waals surface area contributed by atoms with Gasteiger partial charge < -0.3 is 4.90 Å². The van der Waals surface area contributed by atoms with Crippen LogP contribution in [0.2, 0.25) is 0 Å². The minimum atomic E-state index is -0.256. The minimum absolute atomic E-state index is 0.0654. The van der Waals surface area contributed by atoms with Crippen molar-refractivity contribution >= 4 is 46.1 Å². The lowest BCUT2D eigenvalue weighted by Gasteiger charge is -2.38. The summed E-state index contributed by atoms with van der Waals surface area (Å²) in [6.45, 7) is 13.3. The number of piperidine rings is 1. The van der Waals surface area contributed by atoms with Crippen LogP contribution < -0.4 is 10.5 Å². The summed E-state index contributed by atoms with van der Waals surface area (Å²) in [7, 11) is 0. The fraction of sp³-hybridized carbons (Fsp3) is 0.688. The Balaban J connectivity index is 1.76. The molecule has 2 saturated heterocycles. The normalized spacial score (nSPS) is 20.6. The highest BCUT2D eigenvalue weighted by atomic mass is 32.2. The highest BCUT2D eigenvalue weighted by Gasteiger charge is 2.33. The smallest absolute Gasteiger partial charge is 0.270 e. The summed E-state index contributed by atoms with van der Waals surface area (Å²) in [6.07, 6.45) is 15.5. The number of rotatable bonds is 14. The van der Waals surface area contributed by atoms with Crippen molar-refractivity contribution in [2.45, 2.75) is 112 Å². The fourth-order valence-electron chi connectivity index (χ4n) is 6.20. The van der Waals surface area contributed by atoms with Gasteiger partial charge in [0.15, 0.2) is 0 Å². The molecule has 2 atom stereocenters. The first-order chi connectivity index (χ1) is 19.2. The molecular formula is C32H48N4O2S2. The van der Waals surface area contributed by atoms with Crippen molar-refractivity contribution in [1.29, 1.82) is 5.26 Å². The molecule has 0 radical (unpaired) electrons. The van der Waals surface area contributed by atoms with Crippen molar-refractivity contribution in [2.24, 2.45) is 11.8 Å². The quantitative estimate of drug-likeness (QED) is 0.127. The van der Waals surface area contributed by atoms with Gasteiger partial charge in [0.25, 0.3) is 11.5 Å². The number of anilines is 1. The molecule has 0 N–H and O–H groups in total. The number of hydrogen-bond donors (Lipinski definition) is 0. The molecule has 1 aromatic rings. The molecule has 8 heteroatoms. The van der Waals surface area contributed by atoms with Gasteiger partial charge in [-0.2, -0.15) is 5.26 Å². The molecule has 2 fully saturated rings. The molecule has 1 amide bonds. The molecule has 2 aliphatic rings. The second kappa shape index (κ2) is 15.8. The van der Waals surface area contributed by atoms with Gasteiger partial charge in [0, 0.05) is 31.7 Å². The van der Waals surface area contributed by atoms with E-state index >= 15 is 0 Å². The average molecular weight is 585 g/mol. The maximum atomic E-state index is 13.5. The summed E-state index contributed by atoms with van der Waals surface area (Å²) < 4.78 is 2.31. The zero-order valence-corrected chi connectivity index (χ0v) is 26.9. The summed E-state index contributed by atoms with van der Waals surface area (Å²) >= 11 is 6.96. The molecule has 6 nitrogen and oxygen atoms in total. The highest BCUT2D eigenvalue weighted by molar-refractivity contribution is 8.26. The number of thioether (sulfide) groups is 1. The summed E-state index contributed by atoms with van der Waals surface area (Å²) in [4.78, 5) is 31.4. The van der Waals surface area contributed by atoms with Crippen LogP contribution in [0.15, 0.2) is 9.70 Å². The van der Waals surface area contributed by atoms with Crippen molar-refractivity contribution < 1.29 is 4.79 Å². The van der Waals surface area contributed by atoms with E-state index in [2.05, 4.69) is 31.7 Å². The second-order valence-electron chi connectivity index (χ2n) is 11.8. The molecule has 0 spiro atoms. The van der Waals surface area contributed by atoms with Gasteiger partial charge in [-0.15, -0.1) is 0 Å². The van der Waals surface area contributed by atoms with Crippen LogP contribution in [0, 0.1) is 30.1 Å². The number of thiocarbonyl (C=S) groups is 1. The Labute approximate surface area is 251 Å². The van der Waals surface area contributed by atoms with E-state index in [1.54, 1.807) is 9.47 Å². The standard InChI is InChI=1S/C32H48N4O2S2/c1-6-8-9-10-11-12-13-14-15-16-17-36-31(38)28(40-32(36)39)19-26-25(5)27(20-33)30(37)35(7-2)29(26)34-21-23(3)18-24(4)22-34/h19,23-24H,6-18,21-22H2,1-5H3/b28-19+. The van der Waals surface area contributed by atoms with E-state index in [0.29, 0.717) is 39.7 Å². The molecule has 0 aromatic carbocycles. The third-order valence-electron chi connectivity index (χ3n) is 8.22. The number of aromatic nitrogens is 1. The lowest BCUT2D eigenvalue weighted by atomic mass is 9.91. The number of nitriles is 1. The van der Waals surface area contributed by atoms with Crippen molar-refractivity contribution in [3.8, 4) is 6.07 Å². The zero-order chi connectivity index (χ0) is 29.2. The first-order valence-corrected chi connectivity index (χ1v) is 16.6. The van der Waals surface area contributed by atoms with Crippen molar-refractivity contribution in [2.75, 3.05) is 24.5 Å². The largest absolute Gasteiger partial charge is 0.357 e. The van der Waals surface area contributed by atoms with E-state index in [1.807, 2.05) is 19.9 Å². The number of unbranched alkanes of at least 4 members (excludes halogenated alkanes) is 9. The molecule has 220 valence electrons. The van der Waals surface area contributed by atoms with Crippen LogP contribution in [0.5, 0.6) is 0 Å². The maximum Gasteiger partial charge on any atom is 0.270 e. The van der Waals surface area contributed by atoms with Gasteiger partial charge in [0.1, 0.15) is 21.8 Å². The van der Waals surface area contributed by atoms with E-state index in [0.717, 1.165) is 43.7 Å². The van der Waals surface area contributed by atoms with Crippen molar-refractivity contribution in [3.63, 3.8) is 0 Å². The van der Waals surface area contributed by atoms with Crippen LogP contribution >= 0.6 is 24.0 Å². The zero-order valence-electron chi connectivity index (χ0n) is 25.3. The summed E-state index contributed by atoms with van der Waals surface area (Å²) in [6, 6.07) is 2.13. The van der Waals surface area contributed by atoms with Crippen LogP contribution in [0.4, 0.5) is 5.82 Å². The van der Waals surface area contributed by atoms with Crippen molar-refractivity contribution in [3.05, 3.63) is 31.9 Å². The predicted octanol–water partition coefficient (Wildman–Crippen LogP) is 7.65. The van der Waals surface area contributed by atoms with E-state index in [9.17, 15) is 14.9 Å². The molecule has 1 aromatic heterocycles. The van der Waals surface area contributed by atoms with Crippen LogP contribution in [0.3, 0.4) is 0 Å². The molecule has 0 saturated carbocycles. The SMILES string of the molecule is CCCCCCCCCCCCN1C(=O)/C(=C\c2c(C)c(C#N)c(=O)n(CC)c2N2CC(C)CC(C)C2)SC1=S. The number of carbonyl (C=O) groups excluding carboxylic acids is 1. The minimum Gasteiger partial charge on any atom is -0.357 e. The van der Waals surface area contributed by atoms with Crippen LogP contribution in [0.25, 0.3) is 6.08 Å². The monoisotopic (exact) mass is 584 g/mol. The molecule has 2 aliphatic heterocycles. The molecule has 40 heavy (non-hydrogen) atoms. The van der Waals surface area contributed by atoms with Crippen molar-refractivity contribution in [1.82, 2.24) is 9.47 Å². The number of carbonyl (C=O) groups is 1. The van der Waals surface area contributed by atoms with Gasteiger partial charge in [0.05, 0.1) is 4.91 Å². The lowest BCUT2D eigenvalue weighted by Crippen LogP contribution is -2.42. The Bertz CT molecular complexity index is 1170. The Morgan fingerprint density at radius 1 is 0.975 bits per heavy atom. The lowest BCUT2D eigenvalue weighted by molar-refractivity contribution is -0.122. The van der Waals surface area contributed by atoms with Gasteiger partial charge in [0.2, 0.25) is 0 Å². The summed E-state index contributed by atoms with van der Waals surface area (Å²) in [5, 5.41) is 9.85. The van der Waals surface area contributed by atoms with Crippen LogP contribution in [-0.2, 0) is 11.3 Å². The molecular weight excluding hydrogens is 537 g/mol. The maximum absolute atomic E-state index is 13.5. The first-order valence-electron chi connectivity index (χ1n) is 15.4. The van der Waals surface area contributed by atoms with E-state index in [1.165, 1.54) is 63.1 Å². The average Bonchev–Trinajstić information content (AvgIpc) is 3.18. The van der Waals surface area contributed by atoms with Gasteiger partial charge in [-0.05, 0) is 50.2 Å². The number of pyridine rings is 1. The Morgan fingerprint density at radius 3 is 2.10 bits per heavy atom. The van der Waals surface area contributed by atoms with E-state index < -0.39 is 0 Å². The van der Waals surface area contributed by atoms with Gasteiger partial charge in [-0.1, -0.05) is 103 Å². The molecule has 3 rings (SSSR count). The van der Waals surface area contributed by atoms with Crippen LogP contribution in [-0.4, -0.2) is 39.3 Å². The molecule has 2 unspecified atom stereocenters. The summed E-state index contributed by atoms with van der Waals surface area (Å²) in [5.74, 6) is 1.74. The van der Waals surface area contributed by atoms with Gasteiger partial charge >= 0.3 is 0 Å². The first kappa shape index (κ1) is 32.4. The van der Waals surface area contributed by atoms with Gasteiger partial charge in [-0.3, -0.25) is 19.1 Å². The number of amides is 1. The van der Waals surface area contributed by atoms with Gasteiger partial charge in [-0.25, -0.2) is 0 Å². The number of nitrogens with zero attached hydrogens (tertiary/aromatic N) is 4. The summed E-state index contributed by atoms with van der Waals surface area (Å²) in [5.41, 5.74) is 1.32. The molecule has 0 aliphatic carbocycles. The van der Waals surface area contributed by atoms with E-state index in [4.69, 9.17) is 12.2 Å². The van der Waals surface area contributed by atoms with Crippen LogP contribution in [0.1, 0.15) is 115 Å². The molecule has 0 bridgehead atoms. The third-order valence-corrected chi connectivity index (χ3v) is 9.59. The Kier molecular flexibility index (Phi) is 12.8. The highest BCUT2D eigenvalue weighted by Crippen LogP contribution is 2.37. The Hall–Kier alpha value is -2.11. The van der Waals surface area contributed by atoms with E-state index in [-0.39, 0.29) is 17.0 Å². The fourth-order valence-corrected chi connectivity index (χ4v) is 7.49. The topological polar surface area (TPSA) is 69.3 Å².